The highest BCUT2D eigenvalue weighted by Gasteiger charge is 2.51. The number of hydrogen-bond donors (Lipinski definition) is 1. The van der Waals surface area contributed by atoms with Crippen LogP contribution in [-0.4, -0.2) is 47.6 Å². The van der Waals surface area contributed by atoms with Crippen LogP contribution in [0.2, 0.25) is 0 Å². The Morgan fingerprint density at radius 1 is 1.03 bits per heavy atom. The van der Waals surface area contributed by atoms with Gasteiger partial charge in [-0.2, -0.15) is 5.10 Å². The zero-order chi connectivity index (χ0) is 26.2. The maximum atomic E-state index is 12.6. The number of methoxy groups -OCH3 is 2. The lowest BCUT2D eigenvalue weighted by molar-refractivity contribution is -0.119. The summed E-state index contributed by atoms with van der Waals surface area (Å²) in [6, 6.07) is 13.0. The van der Waals surface area contributed by atoms with Crippen molar-refractivity contribution in [2.24, 2.45) is 22.9 Å². The number of hydrazone groups is 1. The lowest BCUT2D eigenvalue weighted by atomic mass is 9.48. The minimum Gasteiger partial charge on any atom is -0.497 e. The van der Waals surface area contributed by atoms with Crippen molar-refractivity contribution < 1.29 is 22.7 Å². The van der Waals surface area contributed by atoms with Gasteiger partial charge in [0.2, 0.25) is 10.0 Å². The molecule has 2 aromatic carbocycles. The Morgan fingerprint density at radius 3 is 2.19 bits per heavy atom. The Labute approximate surface area is 219 Å². The SMILES string of the molecule is COc1ccc(/C=N/NC(=O)CN(c2ccc(C34CC5CC(CC(C5)C3)C4)cc2)S(C)(=O)=O)c(OC)c1. The highest BCUT2D eigenvalue weighted by molar-refractivity contribution is 7.92. The largest absolute Gasteiger partial charge is 0.497 e. The van der Waals surface area contributed by atoms with Gasteiger partial charge in [-0.25, -0.2) is 13.8 Å². The second-order valence-corrected chi connectivity index (χ2v) is 12.8. The average Bonchev–Trinajstić information content (AvgIpc) is 2.86. The number of carbonyl (C=O) groups excluding carboxylic acids is 1. The van der Waals surface area contributed by atoms with Gasteiger partial charge in [-0.05, 0) is 91.5 Å². The van der Waals surface area contributed by atoms with Gasteiger partial charge in [-0.1, -0.05) is 12.1 Å². The molecule has 0 saturated heterocycles. The first-order valence-electron chi connectivity index (χ1n) is 12.8. The van der Waals surface area contributed by atoms with E-state index in [1.165, 1.54) is 57.4 Å². The summed E-state index contributed by atoms with van der Waals surface area (Å²) >= 11 is 0. The molecule has 0 aliphatic heterocycles. The van der Waals surface area contributed by atoms with Crippen LogP contribution >= 0.6 is 0 Å². The number of rotatable bonds is 9. The molecule has 8 nitrogen and oxygen atoms in total. The van der Waals surface area contributed by atoms with Crippen LogP contribution < -0.4 is 19.2 Å². The van der Waals surface area contributed by atoms with Crippen molar-refractivity contribution in [1.82, 2.24) is 5.43 Å². The van der Waals surface area contributed by atoms with Crippen molar-refractivity contribution in [3.05, 3.63) is 53.6 Å². The molecular weight excluding hydrogens is 490 g/mol. The van der Waals surface area contributed by atoms with Crippen molar-refractivity contribution in [1.29, 1.82) is 0 Å². The van der Waals surface area contributed by atoms with Crippen molar-refractivity contribution >= 4 is 27.8 Å². The van der Waals surface area contributed by atoms with Crippen molar-refractivity contribution in [2.75, 3.05) is 31.3 Å². The van der Waals surface area contributed by atoms with E-state index in [0.29, 0.717) is 22.7 Å². The summed E-state index contributed by atoms with van der Waals surface area (Å²) in [6.07, 6.45) is 10.4. The predicted octanol–water partition coefficient (Wildman–Crippen LogP) is 4.09. The number of ether oxygens (including phenoxy) is 2. The molecule has 4 aliphatic rings. The van der Waals surface area contributed by atoms with Crippen molar-refractivity contribution in [2.45, 2.75) is 43.9 Å². The van der Waals surface area contributed by atoms with Gasteiger partial charge in [-0.15, -0.1) is 0 Å². The van der Waals surface area contributed by atoms with Gasteiger partial charge in [0.05, 0.1) is 32.4 Å². The quantitative estimate of drug-likeness (QED) is 0.393. The Hall–Kier alpha value is -3.07. The van der Waals surface area contributed by atoms with Gasteiger partial charge < -0.3 is 9.47 Å². The molecule has 9 heteroatoms. The zero-order valence-corrected chi connectivity index (χ0v) is 22.5. The van der Waals surface area contributed by atoms with Gasteiger partial charge in [0.25, 0.3) is 5.91 Å². The number of nitrogens with one attached hydrogen (secondary N) is 1. The van der Waals surface area contributed by atoms with Crippen molar-refractivity contribution in [3.63, 3.8) is 0 Å². The van der Waals surface area contributed by atoms with Gasteiger partial charge in [-0.3, -0.25) is 9.10 Å². The summed E-state index contributed by atoms with van der Waals surface area (Å²) in [5.41, 5.74) is 5.09. The van der Waals surface area contributed by atoms with Crippen LogP contribution in [0, 0.1) is 17.8 Å². The monoisotopic (exact) mass is 525 g/mol. The Morgan fingerprint density at radius 2 is 1.65 bits per heavy atom. The first-order chi connectivity index (χ1) is 17.7. The minimum atomic E-state index is -3.68. The molecule has 37 heavy (non-hydrogen) atoms. The molecule has 0 atom stereocenters. The number of sulfonamides is 1. The first-order valence-corrected chi connectivity index (χ1v) is 14.7. The molecule has 198 valence electrons. The number of nitrogens with zero attached hydrogens (tertiary/aromatic N) is 2. The molecule has 4 saturated carbocycles. The van der Waals surface area contributed by atoms with E-state index in [9.17, 15) is 13.2 Å². The summed E-state index contributed by atoms with van der Waals surface area (Å²) < 4.78 is 36.8. The van der Waals surface area contributed by atoms with Crippen LogP contribution in [0.4, 0.5) is 5.69 Å². The summed E-state index contributed by atoms with van der Waals surface area (Å²) in [5.74, 6) is 3.13. The standard InChI is InChI=1S/C28H35N3O5S/c1-35-25-9-4-22(26(13-25)36-2)17-29-30-27(32)18-31(37(3,33)34)24-7-5-23(6-8-24)28-14-19-10-20(15-28)12-21(11-19)16-28/h4-9,13,17,19-21H,10-12,14-16,18H2,1-3H3,(H,30,32)/b29-17+. The smallest absolute Gasteiger partial charge is 0.260 e. The highest BCUT2D eigenvalue weighted by Crippen LogP contribution is 2.60. The van der Waals surface area contributed by atoms with E-state index >= 15 is 0 Å². The van der Waals surface area contributed by atoms with E-state index in [0.717, 1.165) is 28.3 Å². The fraction of sp³-hybridized carbons (Fsp3) is 0.500. The van der Waals surface area contributed by atoms with E-state index in [2.05, 4.69) is 22.7 Å². The second-order valence-electron chi connectivity index (χ2n) is 10.9. The Bertz CT molecular complexity index is 1250. The lowest BCUT2D eigenvalue weighted by Gasteiger charge is -2.57. The zero-order valence-electron chi connectivity index (χ0n) is 21.6. The van der Waals surface area contributed by atoms with E-state index in [1.807, 2.05) is 12.1 Å². The van der Waals surface area contributed by atoms with Gasteiger partial charge >= 0.3 is 0 Å². The molecule has 0 heterocycles. The molecule has 0 spiro atoms. The molecule has 6 rings (SSSR count). The summed E-state index contributed by atoms with van der Waals surface area (Å²) in [4.78, 5) is 12.6. The molecule has 1 N–H and O–H groups in total. The normalized spacial score (nSPS) is 26.3. The van der Waals surface area contributed by atoms with Crippen molar-refractivity contribution in [3.8, 4) is 11.5 Å². The molecule has 2 aromatic rings. The molecule has 0 radical (unpaired) electrons. The fourth-order valence-electron chi connectivity index (χ4n) is 7.11. The van der Waals surface area contributed by atoms with Gasteiger partial charge in [0.1, 0.15) is 18.0 Å². The van der Waals surface area contributed by atoms with Gasteiger partial charge in [0, 0.05) is 11.6 Å². The third-order valence-corrected chi connectivity index (χ3v) is 9.47. The van der Waals surface area contributed by atoms with Crippen LogP contribution in [0.15, 0.2) is 47.6 Å². The van der Waals surface area contributed by atoms with Crippen LogP contribution in [0.5, 0.6) is 11.5 Å². The molecular formula is C28H35N3O5S. The molecule has 4 fully saturated rings. The van der Waals surface area contributed by atoms with E-state index in [-0.39, 0.29) is 12.0 Å². The van der Waals surface area contributed by atoms with E-state index < -0.39 is 15.9 Å². The lowest BCUT2D eigenvalue weighted by Crippen LogP contribution is -2.48. The van der Waals surface area contributed by atoms with Crippen LogP contribution in [0.1, 0.15) is 49.7 Å². The number of amides is 1. The second kappa shape index (κ2) is 10.0. The average molecular weight is 526 g/mol. The third-order valence-electron chi connectivity index (χ3n) is 8.33. The van der Waals surface area contributed by atoms with Crippen LogP contribution in [-0.2, 0) is 20.2 Å². The minimum absolute atomic E-state index is 0.234. The third kappa shape index (κ3) is 5.32. The van der Waals surface area contributed by atoms with Crippen LogP contribution in [0.25, 0.3) is 0 Å². The molecule has 4 bridgehead atoms. The van der Waals surface area contributed by atoms with E-state index in [4.69, 9.17) is 9.47 Å². The van der Waals surface area contributed by atoms with Crippen LogP contribution in [0.3, 0.4) is 0 Å². The summed E-state index contributed by atoms with van der Waals surface area (Å²) in [7, 11) is -0.586. The van der Waals surface area contributed by atoms with Gasteiger partial charge in [0.15, 0.2) is 0 Å². The molecule has 0 aromatic heterocycles. The van der Waals surface area contributed by atoms with E-state index in [1.54, 1.807) is 25.3 Å². The Kier molecular flexibility index (Phi) is 6.91. The number of anilines is 1. The summed E-state index contributed by atoms with van der Waals surface area (Å²) in [6.45, 7) is -0.368. The summed E-state index contributed by atoms with van der Waals surface area (Å²) in [5, 5.41) is 3.99. The molecule has 4 aliphatic carbocycles. The topological polar surface area (TPSA) is 97.3 Å². The number of carbonyl (C=O) groups is 1. The molecule has 1 amide bonds. The number of hydrogen-bond acceptors (Lipinski definition) is 6. The number of benzene rings is 2. The predicted molar refractivity (Wildman–Crippen MR) is 144 cm³/mol. The first kappa shape index (κ1) is 25.6. The maximum absolute atomic E-state index is 12.6. The highest BCUT2D eigenvalue weighted by atomic mass is 32.2. The fourth-order valence-corrected chi connectivity index (χ4v) is 7.97. The molecule has 0 unspecified atom stereocenters. The maximum Gasteiger partial charge on any atom is 0.260 e. The Balaban J connectivity index is 1.27.